The third-order valence-corrected chi connectivity index (χ3v) is 7.71. The highest BCUT2D eigenvalue weighted by Gasteiger charge is 2.27. The molecule has 5 rings (SSSR count). The fourth-order valence-corrected chi connectivity index (χ4v) is 6.08. The molecule has 3 aromatic rings. The van der Waals surface area contributed by atoms with E-state index in [4.69, 9.17) is 42.8 Å². The van der Waals surface area contributed by atoms with Gasteiger partial charge in [-0.3, -0.25) is 0 Å². The number of hydrogen-bond acceptors (Lipinski definition) is 6. The molecule has 0 spiro atoms. The molecule has 9 heteroatoms. The van der Waals surface area contributed by atoms with Crippen LogP contribution >= 0.6 is 23.2 Å². The van der Waals surface area contributed by atoms with E-state index in [0.717, 1.165) is 72.9 Å². The molecule has 1 saturated heterocycles. The van der Waals surface area contributed by atoms with E-state index in [9.17, 15) is 0 Å². The van der Waals surface area contributed by atoms with Gasteiger partial charge in [0.25, 0.3) is 0 Å². The summed E-state index contributed by atoms with van der Waals surface area (Å²) in [6, 6.07) is 7.07. The Morgan fingerprint density at radius 1 is 0.971 bits per heavy atom. The van der Waals surface area contributed by atoms with Gasteiger partial charge >= 0.3 is 0 Å². The molecule has 2 N–H and O–H groups in total. The summed E-state index contributed by atoms with van der Waals surface area (Å²) in [5.74, 6) is 1.56. The minimum Gasteiger partial charge on any atom is -0.497 e. The Labute approximate surface area is 216 Å². The molecule has 1 aliphatic carbocycles. The fraction of sp³-hybridized carbons (Fsp3) is 0.538. The number of nitrogens with zero attached hydrogens (tertiary/aromatic N) is 3. The Bertz CT molecular complexity index is 1190. The maximum absolute atomic E-state index is 6.65. The van der Waals surface area contributed by atoms with Gasteiger partial charge in [0.15, 0.2) is 5.65 Å². The Kier molecular flexibility index (Phi) is 7.39. The van der Waals surface area contributed by atoms with Gasteiger partial charge in [0.2, 0.25) is 0 Å². The van der Waals surface area contributed by atoms with Crippen molar-refractivity contribution >= 4 is 34.7 Å². The second kappa shape index (κ2) is 10.5. The van der Waals surface area contributed by atoms with Gasteiger partial charge in [-0.15, -0.1) is 0 Å². The largest absolute Gasteiger partial charge is 0.497 e. The lowest BCUT2D eigenvalue weighted by Gasteiger charge is -2.34. The molecule has 2 aromatic heterocycles. The van der Waals surface area contributed by atoms with Crippen LogP contribution in [0.15, 0.2) is 18.2 Å². The summed E-state index contributed by atoms with van der Waals surface area (Å²) in [5, 5.41) is 13.5. The van der Waals surface area contributed by atoms with E-state index in [0.29, 0.717) is 33.9 Å². The zero-order valence-electron chi connectivity index (χ0n) is 20.5. The van der Waals surface area contributed by atoms with E-state index in [1.807, 2.05) is 18.4 Å². The van der Waals surface area contributed by atoms with Crippen LogP contribution < -0.4 is 15.4 Å². The molecule has 2 atom stereocenters. The SMILES string of the molecule is COc1cc(Cl)c(-c2c(C)nn3c(NC4CCCC(NC5CCOCC5)C4)cc(C)nc23)c(Cl)c1. The molecule has 3 heterocycles. The first-order chi connectivity index (χ1) is 16.9. The molecule has 1 aliphatic heterocycles. The number of ether oxygens (including phenoxy) is 2. The van der Waals surface area contributed by atoms with Gasteiger partial charge < -0.3 is 20.1 Å². The lowest BCUT2D eigenvalue weighted by Crippen LogP contribution is -2.45. The second-order valence-electron chi connectivity index (χ2n) is 9.70. The molecule has 188 valence electrons. The van der Waals surface area contributed by atoms with Crippen LogP contribution in [0.2, 0.25) is 10.0 Å². The molecule has 35 heavy (non-hydrogen) atoms. The van der Waals surface area contributed by atoms with Crippen molar-refractivity contribution < 1.29 is 9.47 Å². The van der Waals surface area contributed by atoms with Crippen LogP contribution in [0.5, 0.6) is 5.75 Å². The van der Waals surface area contributed by atoms with Crippen LogP contribution in [-0.2, 0) is 4.74 Å². The smallest absolute Gasteiger partial charge is 0.165 e. The number of halogens is 2. The molecule has 0 radical (unpaired) electrons. The van der Waals surface area contributed by atoms with Crippen molar-refractivity contribution in [3.8, 4) is 16.9 Å². The maximum atomic E-state index is 6.65. The number of rotatable bonds is 6. The zero-order chi connectivity index (χ0) is 24.5. The Morgan fingerprint density at radius 2 is 1.69 bits per heavy atom. The molecule has 0 bridgehead atoms. The molecule has 2 unspecified atom stereocenters. The molecule has 2 fully saturated rings. The van der Waals surface area contributed by atoms with Crippen LogP contribution in [0.4, 0.5) is 5.82 Å². The Morgan fingerprint density at radius 3 is 2.40 bits per heavy atom. The lowest BCUT2D eigenvalue weighted by molar-refractivity contribution is 0.0730. The topological polar surface area (TPSA) is 72.7 Å². The summed E-state index contributed by atoms with van der Waals surface area (Å²) in [4.78, 5) is 4.83. The van der Waals surface area contributed by atoms with Crippen molar-refractivity contribution in [2.75, 3.05) is 25.6 Å². The molecule has 7 nitrogen and oxygen atoms in total. The maximum Gasteiger partial charge on any atom is 0.165 e. The lowest BCUT2D eigenvalue weighted by atomic mass is 9.90. The molecular formula is C26H33Cl2N5O2. The quantitative estimate of drug-likeness (QED) is 0.429. The van der Waals surface area contributed by atoms with Crippen molar-refractivity contribution in [3.63, 3.8) is 0 Å². The first-order valence-corrected chi connectivity index (χ1v) is 13.2. The third-order valence-electron chi connectivity index (χ3n) is 7.11. The summed E-state index contributed by atoms with van der Waals surface area (Å²) in [7, 11) is 1.60. The van der Waals surface area contributed by atoms with E-state index in [1.165, 1.54) is 12.8 Å². The van der Waals surface area contributed by atoms with Gasteiger partial charge in [-0.05, 0) is 64.5 Å². The highest BCUT2D eigenvalue weighted by molar-refractivity contribution is 6.39. The monoisotopic (exact) mass is 517 g/mol. The highest BCUT2D eigenvalue weighted by atomic mass is 35.5. The Hall–Kier alpha value is -2.06. The number of hydrogen-bond donors (Lipinski definition) is 2. The average molecular weight is 518 g/mol. The number of aromatic nitrogens is 3. The van der Waals surface area contributed by atoms with Crippen LogP contribution in [0.25, 0.3) is 16.8 Å². The van der Waals surface area contributed by atoms with Crippen LogP contribution in [0.1, 0.15) is 49.9 Å². The fourth-order valence-electron chi connectivity index (χ4n) is 5.43. The van der Waals surface area contributed by atoms with Crippen molar-refractivity contribution in [1.82, 2.24) is 19.9 Å². The van der Waals surface area contributed by atoms with Gasteiger partial charge in [-0.1, -0.05) is 23.2 Å². The molecule has 1 saturated carbocycles. The van der Waals surface area contributed by atoms with Crippen LogP contribution in [0, 0.1) is 13.8 Å². The first kappa shape index (κ1) is 24.6. The average Bonchev–Trinajstić information content (AvgIpc) is 3.15. The van der Waals surface area contributed by atoms with E-state index >= 15 is 0 Å². The van der Waals surface area contributed by atoms with Gasteiger partial charge in [0, 0.05) is 48.7 Å². The van der Waals surface area contributed by atoms with Crippen LogP contribution in [-0.4, -0.2) is 53.0 Å². The van der Waals surface area contributed by atoms with Crippen molar-refractivity contribution in [2.45, 2.75) is 70.5 Å². The number of fused-ring (bicyclic) bond motifs is 1. The van der Waals surface area contributed by atoms with Crippen molar-refractivity contribution in [2.24, 2.45) is 0 Å². The van der Waals surface area contributed by atoms with E-state index in [-0.39, 0.29) is 0 Å². The minimum atomic E-state index is 0.368. The number of benzene rings is 1. The van der Waals surface area contributed by atoms with Gasteiger partial charge in [-0.25, -0.2) is 4.98 Å². The van der Waals surface area contributed by atoms with E-state index in [1.54, 1.807) is 19.2 Å². The molecular weight excluding hydrogens is 485 g/mol. The summed E-state index contributed by atoms with van der Waals surface area (Å²) in [5.41, 5.74) is 4.05. The molecule has 2 aliphatic rings. The number of methoxy groups -OCH3 is 1. The molecule has 0 amide bonds. The first-order valence-electron chi connectivity index (χ1n) is 12.4. The van der Waals surface area contributed by atoms with Crippen molar-refractivity contribution in [3.05, 3.63) is 39.6 Å². The number of anilines is 1. The summed E-state index contributed by atoms with van der Waals surface area (Å²) >= 11 is 13.3. The predicted molar refractivity (Wildman–Crippen MR) is 141 cm³/mol. The Balaban J connectivity index is 1.43. The standard InChI is InChI=1S/C26H33Cl2N5O2/c1-15-11-23(31-19-6-4-5-18(12-19)30-17-7-9-35-10-8-17)33-26(29-15)24(16(2)32-33)25-21(27)13-20(34-3)14-22(25)28/h11,13-14,17-19,30-31H,4-10,12H2,1-3H3. The minimum absolute atomic E-state index is 0.368. The van der Waals surface area contributed by atoms with Crippen LogP contribution in [0.3, 0.4) is 0 Å². The number of aryl methyl sites for hydroxylation is 2. The summed E-state index contributed by atoms with van der Waals surface area (Å²) in [6.45, 7) is 5.70. The van der Waals surface area contributed by atoms with E-state index in [2.05, 4.69) is 16.7 Å². The summed E-state index contributed by atoms with van der Waals surface area (Å²) in [6.07, 6.45) is 6.85. The second-order valence-corrected chi connectivity index (χ2v) is 10.5. The highest BCUT2D eigenvalue weighted by Crippen LogP contribution is 2.41. The van der Waals surface area contributed by atoms with Gasteiger partial charge in [0.1, 0.15) is 11.6 Å². The van der Waals surface area contributed by atoms with Gasteiger partial charge in [-0.2, -0.15) is 9.61 Å². The predicted octanol–water partition coefficient (Wildman–Crippen LogP) is 5.82. The van der Waals surface area contributed by atoms with Crippen molar-refractivity contribution in [1.29, 1.82) is 0 Å². The number of nitrogens with one attached hydrogen (secondary N) is 2. The van der Waals surface area contributed by atoms with E-state index < -0.39 is 0 Å². The third kappa shape index (κ3) is 5.24. The zero-order valence-corrected chi connectivity index (χ0v) is 22.0. The normalized spacial score (nSPS) is 21.4. The summed E-state index contributed by atoms with van der Waals surface area (Å²) < 4.78 is 12.7. The molecule has 1 aromatic carbocycles. The van der Waals surface area contributed by atoms with Gasteiger partial charge in [0.05, 0.1) is 28.4 Å².